The van der Waals surface area contributed by atoms with Gasteiger partial charge in [0.05, 0.1) is 23.5 Å². The van der Waals surface area contributed by atoms with Crippen LogP contribution in [0, 0.1) is 0 Å². The number of pyridine rings is 2. The SMILES string of the molecule is COC(=O)c1c(N)c2ccc(C(F)(F)F)nc2n(-c2ccccc2Cl)c1=O. The van der Waals surface area contributed by atoms with E-state index >= 15 is 0 Å². The van der Waals surface area contributed by atoms with Crippen molar-refractivity contribution >= 4 is 34.3 Å². The molecule has 2 aromatic heterocycles. The van der Waals surface area contributed by atoms with E-state index in [1.165, 1.54) is 18.2 Å². The molecule has 0 fully saturated rings. The molecule has 0 spiro atoms. The Kier molecular flexibility index (Phi) is 4.56. The van der Waals surface area contributed by atoms with Gasteiger partial charge in [0.1, 0.15) is 16.9 Å². The molecule has 0 aliphatic rings. The van der Waals surface area contributed by atoms with Gasteiger partial charge in [0.15, 0.2) is 0 Å². The summed E-state index contributed by atoms with van der Waals surface area (Å²) in [6, 6.07) is 7.70. The van der Waals surface area contributed by atoms with Gasteiger partial charge in [-0.1, -0.05) is 23.7 Å². The first-order valence-electron chi connectivity index (χ1n) is 7.42. The summed E-state index contributed by atoms with van der Waals surface area (Å²) >= 11 is 6.11. The fraction of sp³-hybridized carbons (Fsp3) is 0.118. The molecule has 0 atom stereocenters. The molecule has 0 bridgehead atoms. The quantitative estimate of drug-likeness (QED) is 0.669. The molecule has 0 saturated heterocycles. The Bertz CT molecular complexity index is 1130. The molecule has 1 aromatic carbocycles. The van der Waals surface area contributed by atoms with Gasteiger partial charge >= 0.3 is 12.1 Å². The number of alkyl halides is 3. The van der Waals surface area contributed by atoms with Gasteiger partial charge in [-0.3, -0.25) is 9.36 Å². The van der Waals surface area contributed by atoms with Crippen LogP contribution in [-0.2, 0) is 10.9 Å². The molecular weight excluding hydrogens is 387 g/mol. The van der Waals surface area contributed by atoms with Crippen LogP contribution >= 0.6 is 11.6 Å². The van der Waals surface area contributed by atoms with Crippen LogP contribution in [0.15, 0.2) is 41.2 Å². The molecule has 0 aliphatic carbocycles. The van der Waals surface area contributed by atoms with Gasteiger partial charge in [-0.05, 0) is 24.3 Å². The lowest BCUT2D eigenvalue weighted by molar-refractivity contribution is -0.141. The summed E-state index contributed by atoms with van der Waals surface area (Å²) in [7, 11) is 1.05. The summed E-state index contributed by atoms with van der Waals surface area (Å²) in [5.74, 6) is -1.03. The molecule has 0 radical (unpaired) electrons. The van der Waals surface area contributed by atoms with Crippen LogP contribution in [-0.4, -0.2) is 22.6 Å². The number of ether oxygens (including phenoxy) is 1. The van der Waals surface area contributed by atoms with Crippen LogP contribution in [0.4, 0.5) is 18.9 Å². The first-order valence-corrected chi connectivity index (χ1v) is 7.80. The number of aromatic nitrogens is 2. The van der Waals surface area contributed by atoms with Gasteiger partial charge in [-0.25, -0.2) is 9.78 Å². The Hall–Kier alpha value is -3.07. The van der Waals surface area contributed by atoms with E-state index in [0.29, 0.717) is 6.07 Å². The smallest absolute Gasteiger partial charge is 0.433 e. The van der Waals surface area contributed by atoms with Crippen molar-refractivity contribution in [3.8, 4) is 5.69 Å². The number of anilines is 1. The zero-order valence-corrected chi connectivity index (χ0v) is 14.4. The van der Waals surface area contributed by atoms with Crippen LogP contribution in [0.2, 0.25) is 5.02 Å². The number of hydrogen-bond donors (Lipinski definition) is 1. The maximum Gasteiger partial charge on any atom is 0.433 e. The Morgan fingerprint density at radius 3 is 2.48 bits per heavy atom. The molecule has 0 amide bonds. The number of nitrogens with two attached hydrogens (primary N) is 1. The number of rotatable bonds is 2. The number of para-hydroxylation sites is 1. The summed E-state index contributed by atoms with van der Waals surface area (Å²) in [4.78, 5) is 28.5. The summed E-state index contributed by atoms with van der Waals surface area (Å²) in [5.41, 5.74) is 2.47. The Morgan fingerprint density at radius 1 is 1.22 bits per heavy atom. The minimum Gasteiger partial charge on any atom is -0.465 e. The Labute approximate surface area is 154 Å². The van der Waals surface area contributed by atoms with E-state index < -0.39 is 29.0 Å². The van der Waals surface area contributed by atoms with Crippen molar-refractivity contribution in [3.63, 3.8) is 0 Å². The molecule has 3 rings (SSSR count). The lowest BCUT2D eigenvalue weighted by atomic mass is 10.1. The number of esters is 1. The van der Waals surface area contributed by atoms with Gasteiger partial charge in [0, 0.05) is 5.39 Å². The monoisotopic (exact) mass is 397 g/mol. The van der Waals surface area contributed by atoms with Crippen molar-refractivity contribution in [3.05, 3.63) is 63.0 Å². The molecule has 140 valence electrons. The number of carbonyl (C=O) groups excluding carboxylic acids is 1. The van der Waals surface area contributed by atoms with E-state index in [1.54, 1.807) is 6.07 Å². The third-order valence-corrected chi connectivity index (χ3v) is 4.16. The zero-order valence-electron chi connectivity index (χ0n) is 13.7. The van der Waals surface area contributed by atoms with Gasteiger partial charge in [-0.2, -0.15) is 13.2 Å². The van der Waals surface area contributed by atoms with Crippen molar-refractivity contribution in [2.24, 2.45) is 0 Å². The lowest BCUT2D eigenvalue weighted by Crippen LogP contribution is -2.29. The number of benzene rings is 1. The second-order valence-corrected chi connectivity index (χ2v) is 5.84. The maximum absolute atomic E-state index is 13.1. The number of halogens is 4. The van der Waals surface area contributed by atoms with Crippen molar-refractivity contribution in [1.82, 2.24) is 9.55 Å². The normalized spacial score (nSPS) is 11.6. The van der Waals surface area contributed by atoms with Gasteiger partial charge in [-0.15, -0.1) is 0 Å². The van der Waals surface area contributed by atoms with Crippen molar-refractivity contribution < 1.29 is 22.7 Å². The van der Waals surface area contributed by atoms with E-state index in [1.807, 2.05) is 0 Å². The topological polar surface area (TPSA) is 87.2 Å². The van der Waals surface area contributed by atoms with E-state index in [9.17, 15) is 22.8 Å². The molecular formula is C17H11ClF3N3O3. The first kappa shape index (κ1) is 18.7. The van der Waals surface area contributed by atoms with Crippen LogP contribution in [0.5, 0.6) is 0 Å². The fourth-order valence-electron chi connectivity index (χ4n) is 2.60. The highest BCUT2D eigenvalue weighted by Gasteiger charge is 2.34. The van der Waals surface area contributed by atoms with Crippen LogP contribution in [0.1, 0.15) is 16.1 Å². The predicted octanol–water partition coefficient (Wildman–Crippen LogP) is 3.43. The first-order chi connectivity index (χ1) is 12.7. The molecule has 6 nitrogen and oxygen atoms in total. The maximum atomic E-state index is 13.1. The second kappa shape index (κ2) is 6.58. The van der Waals surface area contributed by atoms with E-state index in [2.05, 4.69) is 9.72 Å². The predicted molar refractivity (Wildman–Crippen MR) is 93.1 cm³/mol. The van der Waals surface area contributed by atoms with Crippen molar-refractivity contribution in [1.29, 1.82) is 0 Å². The third-order valence-electron chi connectivity index (χ3n) is 3.84. The number of nitrogens with zero attached hydrogens (tertiary/aromatic N) is 2. The van der Waals surface area contributed by atoms with Crippen LogP contribution in [0.3, 0.4) is 0 Å². The minimum absolute atomic E-state index is 0.0251. The van der Waals surface area contributed by atoms with Crippen LogP contribution < -0.4 is 11.3 Å². The van der Waals surface area contributed by atoms with Gasteiger partial charge < -0.3 is 10.5 Å². The molecule has 0 aliphatic heterocycles. The average Bonchev–Trinajstić information content (AvgIpc) is 2.62. The van der Waals surface area contributed by atoms with Gasteiger partial charge in [0.2, 0.25) is 0 Å². The highest BCUT2D eigenvalue weighted by molar-refractivity contribution is 6.32. The standard InChI is InChI=1S/C17H11ClF3N3O3/c1-27-16(26)12-13(22)8-6-7-11(17(19,20)21)23-14(8)24(15(12)25)10-5-3-2-4-9(10)18/h2-7H,22H2,1H3. The number of nitrogen functional groups attached to an aromatic ring is 1. The second-order valence-electron chi connectivity index (χ2n) is 5.44. The summed E-state index contributed by atoms with van der Waals surface area (Å²) in [6.07, 6.45) is -4.74. The molecule has 0 unspecified atom stereocenters. The zero-order chi connectivity index (χ0) is 19.9. The summed E-state index contributed by atoms with van der Waals surface area (Å²) < 4.78 is 44.7. The van der Waals surface area contributed by atoms with E-state index in [-0.39, 0.29) is 27.4 Å². The summed E-state index contributed by atoms with van der Waals surface area (Å²) in [6.45, 7) is 0. The molecule has 2 N–H and O–H groups in total. The molecule has 10 heteroatoms. The van der Waals surface area contributed by atoms with Crippen molar-refractivity contribution in [2.45, 2.75) is 6.18 Å². The number of hydrogen-bond acceptors (Lipinski definition) is 5. The Morgan fingerprint density at radius 2 is 1.89 bits per heavy atom. The molecule has 27 heavy (non-hydrogen) atoms. The number of carbonyl (C=O) groups is 1. The minimum atomic E-state index is -4.74. The molecule has 2 heterocycles. The highest BCUT2D eigenvalue weighted by Crippen LogP contribution is 2.32. The van der Waals surface area contributed by atoms with Crippen LogP contribution in [0.25, 0.3) is 16.7 Å². The lowest BCUT2D eigenvalue weighted by Gasteiger charge is -2.16. The third kappa shape index (κ3) is 3.10. The molecule has 0 saturated carbocycles. The van der Waals surface area contributed by atoms with Crippen molar-refractivity contribution in [2.75, 3.05) is 12.8 Å². The molecule has 3 aromatic rings. The number of methoxy groups -OCH3 is 1. The average molecular weight is 398 g/mol. The largest absolute Gasteiger partial charge is 0.465 e. The Balaban J connectivity index is 2.55. The van der Waals surface area contributed by atoms with E-state index in [0.717, 1.165) is 17.7 Å². The highest BCUT2D eigenvalue weighted by atomic mass is 35.5. The van der Waals surface area contributed by atoms with Gasteiger partial charge in [0.25, 0.3) is 5.56 Å². The van der Waals surface area contributed by atoms with E-state index in [4.69, 9.17) is 17.3 Å². The number of fused-ring (bicyclic) bond motifs is 1. The fourth-order valence-corrected chi connectivity index (χ4v) is 2.82. The summed E-state index contributed by atoms with van der Waals surface area (Å²) in [5, 5.41) is 0.0450.